The molecule has 1 saturated heterocycles. The van der Waals surface area contributed by atoms with E-state index < -0.39 is 0 Å². The molecular weight excluding hydrogens is 256 g/mol. The molecule has 0 radical (unpaired) electrons. The number of halogens is 1. The Bertz CT molecular complexity index is 278. The second-order valence-corrected chi connectivity index (χ2v) is 4.51. The standard InChI is InChI=1S/C11H22N4O2.ClH/c1-9(12)7-11(17)15-5-3-14(4-6-15)8-10(16)13-2;/h9H,3-8,12H2,1-2H3,(H,13,16);1H. The van der Waals surface area contributed by atoms with Crippen molar-refractivity contribution in [2.75, 3.05) is 39.8 Å². The summed E-state index contributed by atoms with van der Waals surface area (Å²) in [5.41, 5.74) is 5.60. The minimum absolute atomic E-state index is 0. The lowest BCUT2D eigenvalue weighted by atomic mass is 10.2. The Morgan fingerprint density at radius 1 is 1.28 bits per heavy atom. The van der Waals surface area contributed by atoms with E-state index in [0.717, 1.165) is 13.1 Å². The van der Waals surface area contributed by atoms with Gasteiger partial charge in [0.1, 0.15) is 0 Å². The predicted molar refractivity (Wildman–Crippen MR) is 72.6 cm³/mol. The fourth-order valence-corrected chi connectivity index (χ4v) is 1.84. The Morgan fingerprint density at radius 3 is 2.28 bits per heavy atom. The van der Waals surface area contributed by atoms with Gasteiger partial charge in [-0.3, -0.25) is 14.5 Å². The molecule has 3 N–H and O–H groups in total. The van der Waals surface area contributed by atoms with E-state index in [1.807, 2.05) is 11.8 Å². The molecule has 1 rings (SSSR count). The second-order valence-electron chi connectivity index (χ2n) is 4.51. The monoisotopic (exact) mass is 278 g/mol. The molecule has 1 fully saturated rings. The molecule has 1 unspecified atom stereocenters. The van der Waals surface area contributed by atoms with E-state index in [2.05, 4.69) is 10.2 Å². The summed E-state index contributed by atoms with van der Waals surface area (Å²) in [6, 6.07) is -0.0913. The van der Waals surface area contributed by atoms with Gasteiger partial charge in [-0.15, -0.1) is 12.4 Å². The molecule has 0 aromatic rings. The van der Waals surface area contributed by atoms with E-state index in [4.69, 9.17) is 5.73 Å². The van der Waals surface area contributed by atoms with Crippen molar-refractivity contribution < 1.29 is 9.59 Å². The quantitative estimate of drug-likeness (QED) is 0.694. The average Bonchev–Trinajstić information content (AvgIpc) is 2.28. The molecule has 6 nitrogen and oxygen atoms in total. The molecule has 1 atom stereocenters. The molecule has 0 saturated carbocycles. The third kappa shape index (κ3) is 5.66. The zero-order valence-electron chi connectivity index (χ0n) is 11.0. The van der Waals surface area contributed by atoms with Crippen LogP contribution in [0.3, 0.4) is 0 Å². The van der Waals surface area contributed by atoms with Crippen LogP contribution in [0.2, 0.25) is 0 Å². The SMILES string of the molecule is CNC(=O)CN1CCN(C(=O)CC(C)N)CC1.Cl. The summed E-state index contributed by atoms with van der Waals surface area (Å²) >= 11 is 0. The van der Waals surface area contributed by atoms with E-state index >= 15 is 0 Å². The van der Waals surface area contributed by atoms with Crippen LogP contribution in [0.15, 0.2) is 0 Å². The van der Waals surface area contributed by atoms with Gasteiger partial charge in [0, 0.05) is 45.7 Å². The number of likely N-dealkylation sites (N-methyl/N-ethyl adjacent to an activating group) is 1. The Kier molecular flexibility index (Phi) is 7.90. The summed E-state index contributed by atoms with van der Waals surface area (Å²) in [5.74, 6) is 0.125. The Hall–Kier alpha value is -0.850. The Labute approximate surface area is 114 Å². The first kappa shape index (κ1) is 17.2. The zero-order valence-corrected chi connectivity index (χ0v) is 11.8. The van der Waals surface area contributed by atoms with Crippen LogP contribution in [0, 0.1) is 0 Å². The maximum Gasteiger partial charge on any atom is 0.233 e. The highest BCUT2D eigenvalue weighted by Crippen LogP contribution is 2.04. The molecular formula is C11H23ClN4O2. The highest BCUT2D eigenvalue weighted by molar-refractivity contribution is 5.85. The van der Waals surface area contributed by atoms with E-state index in [-0.39, 0.29) is 30.3 Å². The summed E-state index contributed by atoms with van der Waals surface area (Å²) in [5, 5.41) is 2.59. The zero-order chi connectivity index (χ0) is 12.8. The lowest BCUT2D eigenvalue weighted by Gasteiger charge is -2.34. The van der Waals surface area contributed by atoms with Gasteiger partial charge < -0.3 is 16.0 Å². The average molecular weight is 279 g/mol. The third-order valence-corrected chi connectivity index (χ3v) is 2.87. The molecule has 1 aliphatic heterocycles. The van der Waals surface area contributed by atoms with Crippen LogP contribution < -0.4 is 11.1 Å². The van der Waals surface area contributed by atoms with Crippen molar-refractivity contribution in [3.63, 3.8) is 0 Å². The van der Waals surface area contributed by atoms with Crippen LogP contribution >= 0.6 is 12.4 Å². The van der Waals surface area contributed by atoms with Gasteiger partial charge in [0.25, 0.3) is 0 Å². The molecule has 7 heteroatoms. The number of nitrogens with zero attached hydrogens (tertiary/aromatic N) is 2. The maximum atomic E-state index is 11.7. The topological polar surface area (TPSA) is 78.7 Å². The van der Waals surface area contributed by atoms with Gasteiger partial charge in [-0.05, 0) is 6.92 Å². The number of nitrogens with one attached hydrogen (secondary N) is 1. The lowest BCUT2D eigenvalue weighted by Crippen LogP contribution is -2.51. The van der Waals surface area contributed by atoms with Gasteiger partial charge in [-0.1, -0.05) is 0 Å². The van der Waals surface area contributed by atoms with Crippen LogP contribution in [-0.2, 0) is 9.59 Å². The Balaban J connectivity index is 0.00000289. The normalized spacial score (nSPS) is 17.8. The predicted octanol–water partition coefficient (Wildman–Crippen LogP) is -0.964. The van der Waals surface area contributed by atoms with Gasteiger partial charge in [0.2, 0.25) is 11.8 Å². The van der Waals surface area contributed by atoms with Crippen LogP contribution in [0.1, 0.15) is 13.3 Å². The van der Waals surface area contributed by atoms with E-state index in [9.17, 15) is 9.59 Å². The summed E-state index contributed by atoms with van der Waals surface area (Å²) in [4.78, 5) is 26.8. The number of rotatable bonds is 4. The van der Waals surface area contributed by atoms with Crippen molar-refractivity contribution in [3.05, 3.63) is 0 Å². The van der Waals surface area contributed by atoms with Crippen molar-refractivity contribution in [1.29, 1.82) is 0 Å². The number of carbonyl (C=O) groups is 2. The minimum Gasteiger partial charge on any atom is -0.358 e. The molecule has 0 aromatic carbocycles. The van der Waals surface area contributed by atoms with Crippen molar-refractivity contribution in [3.8, 4) is 0 Å². The van der Waals surface area contributed by atoms with Gasteiger partial charge in [0.15, 0.2) is 0 Å². The molecule has 1 aliphatic rings. The molecule has 2 amide bonds. The Morgan fingerprint density at radius 2 is 1.83 bits per heavy atom. The van der Waals surface area contributed by atoms with Gasteiger partial charge >= 0.3 is 0 Å². The number of carbonyl (C=O) groups excluding carboxylic acids is 2. The number of hydrogen-bond donors (Lipinski definition) is 2. The van der Waals surface area contributed by atoms with Crippen molar-refractivity contribution in [2.45, 2.75) is 19.4 Å². The molecule has 0 bridgehead atoms. The first-order valence-electron chi connectivity index (χ1n) is 5.99. The van der Waals surface area contributed by atoms with E-state index in [1.54, 1.807) is 7.05 Å². The molecule has 0 aromatic heterocycles. The fourth-order valence-electron chi connectivity index (χ4n) is 1.84. The van der Waals surface area contributed by atoms with Crippen molar-refractivity contribution in [1.82, 2.24) is 15.1 Å². The molecule has 0 aliphatic carbocycles. The first-order chi connectivity index (χ1) is 8.02. The van der Waals surface area contributed by atoms with Crippen molar-refractivity contribution >= 4 is 24.2 Å². The second kappa shape index (κ2) is 8.29. The molecule has 1 heterocycles. The minimum atomic E-state index is -0.0913. The third-order valence-electron chi connectivity index (χ3n) is 2.87. The van der Waals surface area contributed by atoms with Crippen LogP contribution in [-0.4, -0.2) is 67.4 Å². The summed E-state index contributed by atoms with van der Waals surface area (Å²) < 4.78 is 0. The highest BCUT2D eigenvalue weighted by Gasteiger charge is 2.22. The van der Waals surface area contributed by atoms with Crippen LogP contribution in [0.4, 0.5) is 0 Å². The van der Waals surface area contributed by atoms with Gasteiger partial charge in [-0.2, -0.15) is 0 Å². The number of piperazine rings is 1. The summed E-state index contributed by atoms with van der Waals surface area (Å²) in [7, 11) is 1.63. The number of nitrogens with two attached hydrogens (primary N) is 1. The molecule has 106 valence electrons. The highest BCUT2D eigenvalue weighted by atomic mass is 35.5. The van der Waals surface area contributed by atoms with E-state index in [0.29, 0.717) is 26.1 Å². The smallest absolute Gasteiger partial charge is 0.233 e. The molecule has 0 spiro atoms. The largest absolute Gasteiger partial charge is 0.358 e. The van der Waals surface area contributed by atoms with Crippen LogP contribution in [0.25, 0.3) is 0 Å². The lowest BCUT2D eigenvalue weighted by molar-refractivity contribution is -0.133. The van der Waals surface area contributed by atoms with E-state index in [1.165, 1.54) is 0 Å². The van der Waals surface area contributed by atoms with Gasteiger partial charge in [0.05, 0.1) is 6.54 Å². The van der Waals surface area contributed by atoms with Crippen molar-refractivity contribution in [2.24, 2.45) is 5.73 Å². The number of hydrogen-bond acceptors (Lipinski definition) is 4. The molecule has 18 heavy (non-hydrogen) atoms. The van der Waals surface area contributed by atoms with Gasteiger partial charge in [-0.25, -0.2) is 0 Å². The summed E-state index contributed by atoms with van der Waals surface area (Å²) in [6.07, 6.45) is 0.398. The summed E-state index contributed by atoms with van der Waals surface area (Å²) in [6.45, 7) is 5.10. The number of amides is 2. The maximum absolute atomic E-state index is 11.7. The van der Waals surface area contributed by atoms with Crippen LogP contribution in [0.5, 0.6) is 0 Å². The fraction of sp³-hybridized carbons (Fsp3) is 0.818. The first-order valence-corrected chi connectivity index (χ1v) is 5.99.